The summed E-state index contributed by atoms with van der Waals surface area (Å²) in [6.07, 6.45) is 0.529. The third-order valence-corrected chi connectivity index (χ3v) is 8.31. The van der Waals surface area contributed by atoms with Gasteiger partial charge < -0.3 is 10.2 Å². The lowest BCUT2D eigenvalue weighted by molar-refractivity contribution is -0.139. The van der Waals surface area contributed by atoms with Gasteiger partial charge in [-0.05, 0) is 75.9 Å². The topological polar surface area (TPSA) is 86.8 Å². The summed E-state index contributed by atoms with van der Waals surface area (Å²) in [5, 5.41) is 2.87. The van der Waals surface area contributed by atoms with Crippen LogP contribution in [0.3, 0.4) is 0 Å². The van der Waals surface area contributed by atoms with Crippen LogP contribution in [-0.2, 0) is 26.0 Å². The van der Waals surface area contributed by atoms with Gasteiger partial charge in [0, 0.05) is 12.6 Å². The molecule has 0 saturated carbocycles. The molecular formula is C30H37N3O4S. The summed E-state index contributed by atoms with van der Waals surface area (Å²) >= 11 is 0. The summed E-state index contributed by atoms with van der Waals surface area (Å²) in [4.78, 5) is 28.4. The lowest BCUT2D eigenvalue weighted by atomic mass is 10.1. The molecule has 0 radical (unpaired) electrons. The molecule has 0 aliphatic carbocycles. The van der Waals surface area contributed by atoms with E-state index >= 15 is 0 Å². The molecular weight excluding hydrogens is 498 g/mol. The maximum atomic E-state index is 13.9. The summed E-state index contributed by atoms with van der Waals surface area (Å²) in [6, 6.07) is 22.3. The van der Waals surface area contributed by atoms with Gasteiger partial charge in [-0.1, -0.05) is 60.7 Å². The quantitative estimate of drug-likeness (QED) is 0.392. The highest BCUT2D eigenvalue weighted by Gasteiger charge is 2.33. The van der Waals surface area contributed by atoms with Gasteiger partial charge in [0.05, 0.1) is 10.6 Å². The van der Waals surface area contributed by atoms with Crippen LogP contribution >= 0.6 is 0 Å². The lowest BCUT2D eigenvalue weighted by Crippen LogP contribution is -2.53. The number of carbonyl (C=O) groups excluding carboxylic acids is 2. The number of nitrogens with zero attached hydrogens (tertiary/aromatic N) is 2. The number of hydrogen-bond donors (Lipinski definition) is 1. The SMILES string of the molecule is Cc1cccc(N(CC(=O)N(CCc2ccccc2)[C@@H](C)C(=O)NC(C)C)S(=O)(=O)c2ccccc2)c1C. The van der Waals surface area contributed by atoms with Crippen LogP contribution < -0.4 is 9.62 Å². The molecule has 1 N–H and O–H groups in total. The number of aryl methyl sites for hydroxylation is 1. The molecule has 1 atom stereocenters. The molecule has 0 spiro atoms. The Hall–Kier alpha value is -3.65. The Morgan fingerprint density at radius 1 is 0.842 bits per heavy atom. The zero-order valence-electron chi connectivity index (χ0n) is 22.7. The van der Waals surface area contributed by atoms with Crippen LogP contribution in [0.1, 0.15) is 37.5 Å². The molecule has 202 valence electrons. The molecule has 0 heterocycles. The Labute approximate surface area is 226 Å². The van der Waals surface area contributed by atoms with E-state index in [9.17, 15) is 18.0 Å². The summed E-state index contributed by atoms with van der Waals surface area (Å²) in [7, 11) is -4.07. The Morgan fingerprint density at radius 2 is 1.45 bits per heavy atom. The van der Waals surface area contributed by atoms with Crippen molar-refractivity contribution in [3.05, 3.63) is 95.6 Å². The summed E-state index contributed by atoms with van der Waals surface area (Å²) in [6.45, 7) is 8.96. The van der Waals surface area contributed by atoms with E-state index in [1.165, 1.54) is 17.0 Å². The fourth-order valence-electron chi connectivity index (χ4n) is 4.21. The van der Waals surface area contributed by atoms with Gasteiger partial charge in [0.25, 0.3) is 10.0 Å². The molecule has 0 aliphatic heterocycles. The Kier molecular flexibility index (Phi) is 9.69. The van der Waals surface area contributed by atoms with Crippen molar-refractivity contribution in [2.24, 2.45) is 0 Å². The van der Waals surface area contributed by atoms with Crippen LogP contribution in [0.15, 0.2) is 83.8 Å². The Bertz CT molecular complexity index is 1340. The molecule has 0 unspecified atom stereocenters. The minimum absolute atomic E-state index is 0.0927. The van der Waals surface area contributed by atoms with E-state index in [1.807, 2.05) is 64.1 Å². The highest BCUT2D eigenvalue weighted by Crippen LogP contribution is 2.29. The Balaban J connectivity index is 2.01. The van der Waals surface area contributed by atoms with Crippen LogP contribution in [0.25, 0.3) is 0 Å². The predicted octanol–water partition coefficient (Wildman–Crippen LogP) is 4.48. The lowest BCUT2D eigenvalue weighted by Gasteiger charge is -2.33. The fourth-order valence-corrected chi connectivity index (χ4v) is 5.71. The van der Waals surface area contributed by atoms with E-state index in [0.29, 0.717) is 12.1 Å². The smallest absolute Gasteiger partial charge is 0.264 e. The number of carbonyl (C=O) groups is 2. The molecule has 38 heavy (non-hydrogen) atoms. The van der Waals surface area contributed by atoms with Crippen LogP contribution in [0.5, 0.6) is 0 Å². The molecule has 0 fully saturated rings. The van der Waals surface area contributed by atoms with Crippen molar-refractivity contribution >= 4 is 27.5 Å². The van der Waals surface area contributed by atoms with E-state index in [4.69, 9.17) is 0 Å². The van der Waals surface area contributed by atoms with E-state index in [1.54, 1.807) is 37.3 Å². The highest BCUT2D eigenvalue weighted by molar-refractivity contribution is 7.92. The second kappa shape index (κ2) is 12.7. The molecule has 8 heteroatoms. The van der Waals surface area contributed by atoms with Crippen molar-refractivity contribution in [1.82, 2.24) is 10.2 Å². The van der Waals surface area contributed by atoms with E-state index < -0.39 is 28.5 Å². The maximum absolute atomic E-state index is 13.9. The fraction of sp³-hybridized carbons (Fsp3) is 0.333. The van der Waals surface area contributed by atoms with E-state index in [2.05, 4.69) is 5.32 Å². The molecule has 2 amide bonds. The second-order valence-corrected chi connectivity index (χ2v) is 11.6. The normalized spacial score (nSPS) is 12.2. The first-order valence-corrected chi connectivity index (χ1v) is 14.2. The highest BCUT2D eigenvalue weighted by atomic mass is 32.2. The van der Waals surface area contributed by atoms with E-state index in [-0.39, 0.29) is 23.4 Å². The first-order chi connectivity index (χ1) is 18.0. The number of nitrogens with one attached hydrogen (secondary N) is 1. The first kappa shape index (κ1) is 28.9. The Morgan fingerprint density at radius 3 is 2.05 bits per heavy atom. The van der Waals surface area contributed by atoms with Gasteiger partial charge in [0.1, 0.15) is 12.6 Å². The molecule has 3 aromatic rings. The number of hydrogen-bond acceptors (Lipinski definition) is 4. The van der Waals surface area contributed by atoms with Crippen LogP contribution in [0, 0.1) is 13.8 Å². The molecule has 0 bridgehead atoms. The molecule has 3 aromatic carbocycles. The molecule has 0 aliphatic rings. The number of amides is 2. The molecule has 0 aromatic heterocycles. The second-order valence-electron chi connectivity index (χ2n) is 9.71. The number of rotatable bonds is 11. The standard InChI is InChI=1S/C30H37N3O4S/c1-22(2)31-30(35)25(5)32(20-19-26-14-8-6-9-15-26)29(34)21-33(28-18-12-13-23(3)24(28)4)38(36,37)27-16-10-7-11-17-27/h6-18,22,25H,19-21H2,1-5H3,(H,31,35)/t25-/m0/s1. The van der Waals surface area contributed by atoms with Crippen molar-refractivity contribution < 1.29 is 18.0 Å². The van der Waals surface area contributed by atoms with Gasteiger partial charge >= 0.3 is 0 Å². The van der Waals surface area contributed by atoms with Gasteiger partial charge in [-0.3, -0.25) is 13.9 Å². The first-order valence-electron chi connectivity index (χ1n) is 12.8. The third-order valence-electron chi connectivity index (χ3n) is 6.54. The van der Waals surface area contributed by atoms with Crippen molar-refractivity contribution in [2.45, 2.75) is 58.0 Å². The van der Waals surface area contributed by atoms with Gasteiger partial charge in [-0.2, -0.15) is 0 Å². The zero-order chi connectivity index (χ0) is 27.9. The predicted molar refractivity (Wildman–Crippen MR) is 151 cm³/mol. The molecule has 3 rings (SSSR count). The maximum Gasteiger partial charge on any atom is 0.264 e. The van der Waals surface area contributed by atoms with Gasteiger partial charge in [0.15, 0.2) is 0 Å². The molecule has 7 nitrogen and oxygen atoms in total. The number of benzene rings is 3. The van der Waals surface area contributed by atoms with E-state index in [0.717, 1.165) is 21.0 Å². The molecule has 0 saturated heterocycles. The third kappa shape index (κ3) is 7.01. The monoisotopic (exact) mass is 535 g/mol. The minimum Gasteiger partial charge on any atom is -0.352 e. The largest absolute Gasteiger partial charge is 0.352 e. The van der Waals surface area contributed by atoms with Crippen LogP contribution in [-0.4, -0.2) is 50.3 Å². The number of anilines is 1. The van der Waals surface area contributed by atoms with Gasteiger partial charge in [-0.25, -0.2) is 8.42 Å². The van der Waals surface area contributed by atoms with Crippen molar-refractivity contribution in [1.29, 1.82) is 0 Å². The average molecular weight is 536 g/mol. The summed E-state index contributed by atoms with van der Waals surface area (Å²) < 4.78 is 28.9. The average Bonchev–Trinajstić information content (AvgIpc) is 2.89. The summed E-state index contributed by atoms with van der Waals surface area (Å²) in [5.41, 5.74) is 3.13. The number of sulfonamides is 1. The zero-order valence-corrected chi connectivity index (χ0v) is 23.5. The van der Waals surface area contributed by atoms with Gasteiger partial charge in [-0.15, -0.1) is 0 Å². The van der Waals surface area contributed by atoms with Gasteiger partial charge in [0.2, 0.25) is 11.8 Å². The van der Waals surface area contributed by atoms with Crippen LogP contribution in [0.4, 0.5) is 5.69 Å². The van der Waals surface area contributed by atoms with Crippen LogP contribution in [0.2, 0.25) is 0 Å². The van der Waals surface area contributed by atoms with Crippen molar-refractivity contribution in [2.75, 3.05) is 17.4 Å². The minimum atomic E-state index is -4.07. The van der Waals surface area contributed by atoms with Crippen molar-refractivity contribution in [3.63, 3.8) is 0 Å². The summed E-state index contributed by atoms with van der Waals surface area (Å²) in [5.74, 6) is -0.738. The van der Waals surface area contributed by atoms with Crippen molar-refractivity contribution in [3.8, 4) is 0 Å².